The van der Waals surface area contributed by atoms with E-state index < -0.39 is 47.0 Å². The smallest absolute Gasteiger partial charge is 0.398 e. The lowest BCUT2D eigenvalue weighted by Crippen LogP contribution is -2.71. The molecule has 1 aromatic heterocycles. The van der Waals surface area contributed by atoms with E-state index in [1.165, 1.54) is 19.6 Å². The van der Waals surface area contributed by atoms with E-state index in [1.807, 2.05) is 0 Å². The number of carbonyl (C=O) groups is 4. The van der Waals surface area contributed by atoms with Gasteiger partial charge in [0, 0.05) is 18.2 Å². The van der Waals surface area contributed by atoms with Gasteiger partial charge >= 0.3 is 18.1 Å². The number of anilines is 1. The van der Waals surface area contributed by atoms with Crippen LogP contribution in [0.3, 0.4) is 0 Å². The number of thiazole rings is 1. The molecule has 184 valence electrons. The van der Waals surface area contributed by atoms with Crippen molar-refractivity contribution in [3.05, 3.63) is 22.3 Å². The number of amides is 2. The van der Waals surface area contributed by atoms with Crippen LogP contribution in [-0.4, -0.2) is 83.5 Å². The number of aromatic nitrogens is 1. The fraction of sp³-hybridized carbons (Fsp3) is 0.412. The van der Waals surface area contributed by atoms with Crippen LogP contribution in [0.1, 0.15) is 5.69 Å². The molecular weight excluding hydrogens is 507 g/mol. The Morgan fingerprint density at radius 1 is 1.35 bits per heavy atom. The first kappa shape index (κ1) is 25.4. The van der Waals surface area contributed by atoms with Crippen LogP contribution in [0.2, 0.25) is 0 Å². The van der Waals surface area contributed by atoms with E-state index in [1.54, 1.807) is 0 Å². The number of nitrogen functional groups attached to an aromatic ring is 1. The summed E-state index contributed by atoms with van der Waals surface area (Å²) in [5.74, 6) is -5.98. The summed E-state index contributed by atoms with van der Waals surface area (Å²) >= 11 is 2.16. The van der Waals surface area contributed by atoms with Crippen LogP contribution in [-0.2, 0) is 33.5 Å². The number of oxime groups is 1. The average molecular weight is 523 g/mol. The molecule has 0 spiro atoms. The van der Waals surface area contributed by atoms with Crippen LogP contribution in [0.5, 0.6) is 0 Å². The summed E-state index contributed by atoms with van der Waals surface area (Å²) < 4.78 is 46.5. The first-order valence-corrected chi connectivity index (χ1v) is 11.0. The van der Waals surface area contributed by atoms with Crippen LogP contribution >= 0.6 is 23.1 Å². The molecule has 1 aromatic rings. The molecule has 2 unspecified atom stereocenters. The number of hydrogen-bond acceptors (Lipinski definition) is 12. The molecule has 1 saturated heterocycles. The number of alkyl halides is 3. The summed E-state index contributed by atoms with van der Waals surface area (Å²) in [6.07, 6.45) is -5.41. The van der Waals surface area contributed by atoms with Gasteiger partial charge in [0.05, 0.1) is 6.61 Å². The summed E-state index contributed by atoms with van der Waals surface area (Å²) in [5, 5.41) is 6.78. The maximum absolute atomic E-state index is 12.8. The van der Waals surface area contributed by atoms with Crippen molar-refractivity contribution in [2.45, 2.75) is 17.6 Å². The van der Waals surface area contributed by atoms with Crippen molar-refractivity contribution in [2.75, 3.05) is 32.3 Å². The SMILES string of the molecule is COCC1=C(C(=O)OC(=O)C(F)(F)F)N2C(=O)C(NC(=O)/C(=N/OC)c3csc(N)n3)C2SC1. The maximum Gasteiger partial charge on any atom is 0.491 e. The van der Waals surface area contributed by atoms with Crippen molar-refractivity contribution in [2.24, 2.45) is 5.16 Å². The van der Waals surface area contributed by atoms with Crippen molar-refractivity contribution in [3.8, 4) is 0 Å². The number of ether oxygens (including phenoxy) is 2. The quantitative estimate of drug-likeness (QED) is 0.164. The van der Waals surface area contributed by atoms with E-state index in [9.17, 15) is 32.3 Å². The molecule has 1 fully saturated rings. The van der Waals surface area contributed by atoms with Crippen molar-refractivity contribution in [1.82, 2.24) is 15.2 Å². The minimum Gasteiger partial charge on any atom is -0.398 e. The Morgan fingerprint density at radius 3 is 2.62 bits per heavy atom. The van der Waals surface area contributed by atoms with E-state index in [0.29, 0.717) is 0 Å². The van der Waals surface area contributed by atoms with Crippen LogP contribution in [0.15, 0.2) is 21.8 Å². The molecule has 3 N–H and O–H groups in total. The molecule has 2 atom stereocenters. The Bertz CT molecular complexity index is 1090. The van der Waals surface area contributed by atoms with Crippen LogP contribution < -0.4 is 11.1 Å². The molecular formula is C17H16F3N5O7S2. The highest BCUT2D eigenvalue weighted by Gasteiger charge is 2.55. The highest BCUT2D eigenvalue weighted by molar-refractivity contribution is 8.00. The van der Waals surface area contributed by atoms with Gasteiger partial charge < -0.3 is 25.4 Å². The van der Waals surface area contributed by atoms with Crippen molar-refractivity contribution in [3.63, 3.8) is 0 Å². The number of rotatable bonds is 7. The van der Waals surface area contributed by atoms with Gasteiger partial charge in [-0.25, -0.2) is 14.6 Å². The zero-order valence-corrected chi connectivity index (χ0v) is 19.0. The standard InChI is InChI=1S/C17H16F3N5O7S2/c1-30-3-6-4-33-13-9(23-11(26)8(24-31-2)7-5-34-16(21)22-7)12(27)25(13)10(6)14(28)32-15(29)17(18,19)20/h5,9,13H,3-4H2,1-2H3,(H2,21,22)(H,23,26)/b24-8+. The highest BCUT2D eigenvalue weighted by Crippen LogP contribution is 2.41. The van der Waals surface area contributed by atoms with E-state index >= 15 is 0 Å². The van der Waals surface area contributed by atoms with Gasteiger partial charge in [-0.2, -0.15) is 13.2 Å². The van der Waals surface area contributed by atoms with Crippen molar-refractivity contribution < 1.29 is 46.7 Å². The molecule has 2 aliphatic rings. The van der Waals surface area contributed by atoms with Crippen LogP contribution in [0.25, 0.3) is 0 Å². The second-order valence-corrected chi connectivity index (χ2v) is 8.61. The summed E-state index contributed by atoms with van der Waals surface area (Å²) in [6, 6.07) is -1.17. The molecule has 34 heavy (non-hydrogen) atoms. The topological polar surface area (TPSA) is 163 Å². The maximum atomic E-state index is 12.8. The average Bonchev–Trinajstić information content (AvgIpc) is 3.20. The second kappa shape index (κ2) is 9.98. The molecule has 12 nitrogen and oxygen atoms in total. The number of halogens is 3. The molecule has 2 amide bonds. The van der Waals surface area contributed by atoms with Gasteiger partial charge in [0.1, 0.15) is 29.9 Å². The monoisotopic (exact) mass is 523 g/mol. The molecule has 3 heterocycles. The van der Waals surface area contributed by atoms with Gasteiger partial charge in [-0.05, 0) is 5.57 Å². The Hall–Kier alpha value is -3.18. The van der Waals surface area contributed by atoms with E-state index in [-0.39, 0.29) is 34.5 Å². The molecule has 3 rings (SSSR count). The number of nitrogens with zero attached hydrogens (tertiary/aromatic N) is 3. The summed E-state index contributed by atoms with van der Waals surface area (Å²) in [5.41, 5.74) is 4.99. The molecule has 0 saturated carbocycles. The number of nitrogens with one attached hydrogen (secondary N) is 1. The second-order valence-electron chi connectivity index (χ2n) is 6.61. The fourth-order valence-corrected chi connectivity index (χ4v) is 4.92. The minimum absolute atomic E-state index is 0.0565. The predicted octanol–water partition coefficient (Wildman–Crippen LogP) is 0.00830. The molecule has 2 aliphatic heterocycles. The number of β-lactam (4-membered cyclic amide) rings is 1. The Morgan fingerprint density at radius 2 is 2.06 bits per heavy atom. The molecule has 17 heteroatoms. The van der Waals surface area contributed by atoms with Crippen LogP contribution in [0, 0.1) is 0 Å². The van der Waals surface area contributed by atoms with E-state index in [4.69, 9.17) is 10.5 Å². The third kappa shape index (κ3) is 5.00. The first-order chi connectivity index (χ1) is 16.0. The largest absolute Gasteiger partial charge is 0.491 e. The third-order valence-corrected chi connectivity index (χ3v) is 6.44. The van der Waals surface area contributed by atoms with E-state index in [2.05, 4.69) is 25.0 Å². The normalized spacial score (nSPS) is 20.4. The van der Waals surface area contributed by atoms with Crippen molar-refractivity contribution in [1.29, 1.82) is 0 Å². The highest BCUT2D eigenvalue weighted by atomic mass is 32.2. The molecule has 0 bridgehead atoms. The number of hydrogen-bond donors (Lipinski definition) is 2. The minimum atomic E-state index is -5.41. The van der Waals surface area contributed by atoms with Gasteiger partial charge in [0.25, 0.3) is 11.8 Å². The number of methoxy groups -OCH3 is 1. The Kier molecular flexibility index (Phi) is 7.47. The lowest BCUT2D eigenvalue weighted by molar-refractivity contribution is -0.201. The van der Waals surface area contributed by atoms with Gasteiger partial charge in [-0.1, -0.05) is 5.16 Å². The Balaban J connectivity index is 1.81. The summed E-state index contributed by atoms with van der Waals surface area (Å²) in [4.78, 5) is 58.5. The molecule has 0 aromatic carbocycles. The molecule has 0 aliphatic carbocycles. The lowest BCUT2D eigenvalue weighted by Gasteiger charge is -2.49. The lowest BCUT2D eigenvalue weighted by atomic mass is 10.0. The number of nitrogens with two attached hydrogens (primary N) is 1. The number of fused-ring (bicyclic) bond motifs is 1. The van der Waals surface area contributed by atoms with Gasteiger partial charge in [-0.3, -0.25) is 14.5 Å². The number of thioether (sulfide) groups is 1. The van der Waals surface area contributed by atoms with Gasteiger partial charge in [0.15, 0.2) is 10.8 Å². The zero-order chi connectivity index (χ0) is 25.2. The van der Waals surface area contributed by atoms with Gasteiger partial charge in [0.2, 0.25) is 0 Å². The fourth-order valence-electron chi connectivity index (χ4n) is 3.05. The van der Waals surface area contributed by atoms with Crippen LogP contribution in [0.4, 0.5) is 18.3 Å². The zero-order valence-electron chi connectivity index (χ0n) is 17.4. The van der Waals surface area contributed by atoms with Crippen molar-refractivity contribution >= 4 is 57.7 Å². The Labute approximate surface area is 197 Å². The summed E-state index contributed by atoms with van der Waals surface area (Å²) in [7, 11) is 2.47. The van der Waals surface area contributed by atoms with Gasteiger partial charge in [-0.15, -0.1) is 23.1 Å². The molecule has 0 radical (unpaired) electrons. The summed E-state index contributed by atoms with van der Waals surface area (Å²) in [6.45, 7) is -0.207. The predicted molar refractivity (Wildman–Crippen MR) is 111 cm³/mol. The first-order valence-electron chi connectivity index (χ1n) is 9.12. The van der Waals surface area contributed by atoms with E-state index in [0.717, 1.165) is 28.0 Å². The number of carbonyl (C=O) groups excluding carboxylic acids is 4. The third-order valence-electron chi connectivity index (χ3n) is 4.42. The number of esters is 2.